The summed E-state index contributed by atoms with van der Waals surface area (Å²) in [6, 6.07) is -0.836. The number of ether oxygens (including phenoxy) is 1. The molecule has 5 heteroatoms. The van der Waals surface area contributed by atoms with E-state index >= 15 is 0 Å². The van der Waals surface area contributed by atoms with E-state index in [2.05, 4.69) is 5.32 Å². The highest BCUT2D eigenvalue weighted by molar-refractivity contribution is 5.80. The summed E-state index contributed by atoms with van der Waals surface area (Å²) in [6.07, 6.45) is 3.41. The molecule has 2 N–H and O–H groups in total. The van der Waals surface area contributed by atoms with E-state index in [1.165, 1.54) is 6.42 Å². The van der Waals surface area contributed by atoms with Gasteiger partial charge in [-0.15, -0.1) is 0 Å². The molecule has 2 saturated carbocycles. The molecule has 0 radical (unpaired) electrons. The average molecular weight is 269 g/mol. The molecule has 0 saturated heterocycles. The third-order valence-electron chi connectivity index (χ3n) is 3.90. The van der Waals surface area contributed by atoms with Crippen molar-refractivity contribution in [1.82, 2.24) is 5.32 Å². The van der Waals surface area contributed by atoms with Gasteiger partial charge in [0.2, 0.25) is 0 Å². The van der Waals surface area contributed by atoms with E-state index < -0.39 is 23.7 Å². The standard InChI is InChI=1S/C14H23NO4/c1-14(2,3)19-13(18)15-11(12(16)17)6-8-4-9-7-10(9)5-8/h8-11H,4-7H2,1-3H3,(H,15,18)(H,16,17)/t8-,9-,10+,11-/m0/s1. The maximum atomic E-state index is 11.6. The second kappa shape index (κ2) is 5.02. The number of alkyl carbamates (subject to hydrolysis) is 1. The Labute approximate surface area is 113 Å². The number of carbonyl (C=O) groups is 2. The Kier molecular flexibility index (Phi) is 3.74. The van der Waals surface area contributed by atoms with Gasteiger partial charge in [0, 0.05) is 0 Å². The molecule has 1 amide bonds. The Morgan fingerprint density at radius 2 is 1.84 bits per heavy atom. The van der Waals surface area contributed by atoms with E-state index in [-0.39, 0.29) is 0 Å². The Morgan fingerprint density at radius 1 is 1.26 bits per heavy atom. The predicted octanol–water partition coefficient (Wildman–Crippen LogP) is 2.40. The lowest BCUT2D eigenvalue weighted by Gasteiger charge is -2.23. The molecule has 19 heavy (non-hydrogen) atoms. The van der Waals surface area contributed by atoms with Crippen LogP contribution in [0.3, 0.4) is 0 Å². The smallest absolute Gasteiger partial charge is 0.408 e. The van der Waals surface area contributed by atoms with E-state index in [1.807, 2.05) is 0 Å². The molecule has 0 unspecified atom stereocenters. The Bertz CT molecular complexity index is 364. The molecule has 0 aromatic heterocycles. The van der Waals surface area contributed by atoms with Gasteiger partial charge in [-0.25, -0.2) is 9.59 Å². The normalized spacial score (nSPS) is 30.4. The maximum absolute atomic E-state index is 11.6. The molecule has 2 aliphatic carbocycles. The van der Waals surface area contributed by atoms with Gasteiger partial charge in [0.1, 0.15) is 11.6 Å². The minimum Gasteiger partial charge on any atom is -0.480 e. The molecule has 4 atom stereocenters. The molecular formula is C14H23NO4. The van der Waals surface area contributed by atoms with Gasteiger partial charge >= 0.3 is 12.1 Å². The Balaban J connectivity index is 1.82. The highest BCUT2D eigenvalue weighted by Crippen LogP contribution is 2.55. The summed E-state index contributed by atoms with van der Waals surface area (Å²) in [5, 5.41) is 11.7. The Morgan fingerprint density at radius 3 is 2.32 bits per heavy atom. The van der Waals surface area contributed by atoms with E-state index in [1.54, 1.807) is 20.8 Å². The van der Waals surface area contributed by atoms with Crippen molar-refractivity contribution < 1.29 is 19.4 Å². The van der Waals surface area contributed by atoms with Gasteiger partial charge in [-0.3, -0.25) is 0 Å². The first-order chi connectivity index (χ1) is 8.74. The van der Waals surface area contributed by atoms with Crippen molar-refractivity contribution in [2.45, 2.75) is 58.1 Å². The van der Waals surface area contributed by atoms with Crippen molar-refractivity contribution >= 4 is 12.1 Å². The zero-order chi connectivity index (χ0) is 14.2. The molecule has 0 aromatic carbocycles. The van der Waals surface area contributed by atoms with Crippen molar-refractivity contribution in [1.29, 1.82) is 0 Å². The second-order valence-electron chi connectivity index (χ2n) is 6.87. The largest absolute Gasteiger partial charge is 0.480 e. The first-order valence-electron chi connectivity index (χ1n) is 6.97. The van der Waals surface area contributed by atoms with Crippen molar-refractivity contribution in [3.8, 4) is 0 Å². The minimum atomic E-state index is -0.980. The van der Waals surface area contributed by atoms with Crippen LogP contribution in [0.2, 0.25) is 0 Å². The zero-order valence-corrected chi connectivity index (χ0v) is 11.8. The highest BCUT2D eigenvalue weighted by Gasteiger charge is 2.46. The summed E-state index contributed by atoms with van der Waals surface area (Å²) in [5.74, 6) is 1.09. The molecule has 2 aliphatic rings. The zero-order valence-electron chi connectivity index (χ0n) is 11.8. The average Bonchev–Trinajstić information content (AvgIpc) is 2.82. The first kappa shape index (κ1) is 14.2. The molecule has 0 aromatic rings. The third kappa shape index (κ3) is 4.11. The molecule has 2 fully saturated rings. The van der Waals surface area contributed by atoms with Crippen LogP contribution < -0.4 is 5.32 Å². The number of aliphatic carboxylic acids is 1. The lowest BCUT2D eigenvalue weighted by atomic mass is 9.95. The fourth-order valence-corrected chi connectivity index (χ4v) is 3.04. The van der Waals surface area contributed by atoms with Gasteiger partial charge in [0.05, 0.1) is 0 Å². The summed E-state index contributed by atoms with van der Waals surface area (Å²) < 4.78 is 5.10. The monoisotopic (exact) mass is 269 g/mol. The molecular weight excluding hydrogens is 246 g/mol. The van der Waals surface area contributed by atoms with Crippen LogP contribution in [0.25, 0.3) is 0 Å². The SMILES string of the molecule is CC(C)(C)OC(=O)N[C@@H](C[C@@H]1C[C@@H]2C[C@@H]2C1)C(=O)O. The molecule has 2 rings (SSSR count). The fourth-order valence-electron chi connectivity index (χ4n) is 3.04. The number of hydrogen-bond acceptors (Lipinski definition) is 3. The van der Waals surface area contributed by atoms with Crippen LogP contribution in [-0.2, 0) is 9.53 Å². The number of hydrogen-bond donors (Lipinski definition) is 2. The number of carboxylic acids is 1. The Hall–Kier alpha value is -1.26. The predicted molar refractivity (Wildman–Crippen MR) is 69.7 cm³/mol. The molecule has 0 spiro atoms. The quantitative estimate of drug-likeness (QED) is 0.821. The van der Waals surface area contributed by atoms with E-state index in [9.17, 15) is 14.7 Å². The fraction of sp³-hybridized carbons (Fsp3) is 0.857. The topological polar surface area (TPSA) is 75.6 Å². The van der Waals surface area contributed by atoms with E-state index in [0.717, 1.165) is 24.7 Å². The van der Waals surface area contributed by atoms with Gasteiger partial charge < -0.3 is 15.2 Å². The molecule has 0 aliphatic heterocycles. The second-order valence-corrected chi connectivity index (χ2v) is 6.87. The number of nitrogens with one attached hydrogen (secondary N) is 1. The lowest BCUT2D eigenvalue weighted by molar-refractivity contribution is -0.140. The molecule has 0 bridgehead atoms. The first-order valence-corrected chi connectivity index (χ1v) is 6.97. The number of fused-ring (bicyclic) bond motifs is 1. The van der Waals surface area contributed by atoms with Crippen LogP contribution in [0.15, 0.2) is 0 Å². The number of amides is 1. The third-order valence-corrected chi connectivity index (χ3v) is 3.90. The number of carboxylic acid groups (broad SMARTS) is 1. The van der Waals surface area contributed by atoms with Crippen LogP contribution in [0, 0.1) is 17.8 Å². The van der Waals surface area contributed by atoms with Crippen LogP contribution in [0.1, 0.15) is 46.5 Å². The van der Waals surface area contributed by atoms with Crippen LogP contribution >= 0.6 is 0 Å². The van der Waals surface area contributed by atoms with Crippen LogP contribution in [0.4, 0.5) is 4.79 Å². The molecule has 108 valence electrons. The number of carbonyl (C=O) groups excluding carboxylic acids is 1. The van der Waals surface area contributed by atoms with Crippen molar-refractivity contribution in [2.75, 3.05) is 0 Å². The van der Waals surface area contributed by atoms with E-state index in [4.69, 9.17) is 4.74 Å². The molecule has 0 heterocycles. The summed E-state index contributed by atoms with van der Waals surface area (Å²) in [6.45, 7) is 5.27. The van der Waals surface area contributed by atoms with Crippen LogP contribution in [0.5, 0.6) is 0 Å². The highest BCUT2D eigenvalue weighted by atomic mass is 16.6. The van der Waals surface area contributed by atoms with Gasteiger partial charge in [-0.2, -0.15) is 0 Å². The van der Waals surface area contributed by atoms with Gasteiger partial charge in [-0.1, -0.05) is 0 Å². The maximum Gasteiger partial charge on any atom is 0.408 e. The summed E-state index contributed by atoms with van der Waals surface area (Å²) in [5.41, 5.74) is -0.609. The van der Waals surface area contributed by atoms with Gasteiger partial charge in [0.15, 0.2) is 0 Å². The minimum absolute atomic E-state index is 0.430. The van der Waals surface area contributed by atoms with Crippen molar-refractivity contribution in [3.05, 3.63) is 0 Å². The van der Waals surface area contributed by atoms with Gasteiger partial charge in [-0.05, 0) is 64.2 Å². The number of rotatable bonds is 4. The summed E-state index contributed by atoms with van der Waals surface area (Å²) in [7, 11) is 0. The lowest BCUT2D eigenvalue weighted by Crippen LogP contribution is -2.44. The molecule has 5 nitrogen and oxygen atoms in total. The van der Waals surface area contributed by atoms with Crippen molar-refractivity contribution in [3.63, 3.8) is 0 Å². The van der Waals surface area contributed by atoms with E-state index in [0.29, 0.717) is 12.3 Å². The summed E-state index contributed by atoms with van der Waals surface area (Å²) >= 11 is 0. The van der Waals surface area contributed by atoms with Gasteiger partial charge in [0.25, 0.3) is 0 Å². The van der Waals surface area contributed by atoms with Crippen molar-refractivity contribution in [2.24, 2.45) is 17.8 Å². The van der Waals surface area contributed by atoms with Crippen LogP contribution in [-0.4, -0.2) is 28.8 Å². The summed E-state index contributed by atoms with van der Waals surface area (Å²) in [4.78, 5) is 22.8.